The number of phenols is 1. The summed E-state index contributed by atoms with van der Waals surface area (Å²) in [7, 11) is 0. The zero-order valence-corrected chi connectivity index (χ0v) is 20.1. The first-order valence-corrected chi connectivity index (χ1v) is 12.4. The smallest absolute Gasteiger partial charge is 0.338 e. The van der Waals surface area contributed by atoms with Gasteiger partial charge in [-0.2, -0.15) is 0 Å². The summed E-state index contributed by atoms with van der Waals surface area (Å²) in [6.45, 7) is 8.80. The summed E-state index contributed by atoms with van der Waals surface area (Å²) in [5.41, 5.74) is 1.08. The predicted octanol–water partition coefficient (Wildman–Crippen LogP) is 8.33. The molecule has 172 valence electrons. The second-order valence-corrected chi connectivity index (χ2v) is 9.71. The van der Waals surface area contributed by atoms with Gasteiger partial charge in [0.1, 0.15) is 5.75 Å². The highest BCUT2D eigenvalue weighted by atomic mass is 16.5. The minimum Gasteiger partial charge on any atom is -0.508 e. The summed E-state index contributed by atoms with van der Waals surface area (Å²) in [5, 5.41) is 10.0. The van der Waals surface area contributed by atoms with Crippen molar-refractivity contribution >= 4 is 5.97 Å². The SMILES string of the molecule is CCCCCCCCCCCCCCCCOC(=O)c1ccc(O)c(C(C)(C)C)c1. The largest absolute Gasteiger partial charge is 0.508 e. The van der Waals surface area contributed by atoms with Crippen LogP contribution < -0.4 is 0 Å². The first-order valence-electron chi connectivity index (χ1n) is 12.4. The van der Waals surface area contributed by atoms with Gasteiger partial charge in [0.15, 0.2) is 0 Å². The van der Waals surface area contributed by atoms with Gasteiger partial charge in [-0.15, -0.1) is 0 Å². The molecule has 0 saturated carbocycles. The van der Waals surface area contributed by atoms with Crippen molar-refractivity contribution in [2.45, 2.75) is 123 Å². The number of carbonyl (C=O) groups is 1. The van der Waals surface area contributed by atoms with Gasteiger partial charge in [-0.1, -0.05) is 111 Å². The van der Waals surface area contributed by atoms with Gasteiger partial charge in [0.25, 0.3) is 0 Å². The molecule has 0 spiro atoms. The predicted molar refractivity (Wildman–Crippen MR) is 127 cm³/mol. The molecule has 30 heavy (non-hydrogen) atoms. The van der Waals surface area contributed by atoms with Crippen LogP contribution in [0.25, 0.3) is 0 Å². The number of esters is 1. The summed E-state index contributed by atoms with van der Waals surface area (Å²) in [6.07, 6.45) is 18.4. The molecule has 0 amide bonds. The highest BCUT2D eigenvalue weighted by Gasteiger charge is 2.20. The summed E-state index contributed by atoms with van der Waals surface area (Å²) in [6, 6.07) is 4.98. The number of rotatable bonds is 16. The van der Waals surface area contributed by atoms with E-state index in [1.165, 1.54) is 77.0 Å². The van der Waals surface area contributed by atoms with Crippen LogP contribution in [0, 0.1) is 0 Å². The summed E-state index contributed by atoms with van der Waals surface area (Å²) in [4.78, 5) is 12.3. The van der Waals surface area contributed by atoms with Crippen LogP contribution in [-0.4, -0.2) is 17.7 Å². The third kappa shape index (κ3) is 11.6. The summed E-state index contributed by atoms with van der Waals surface area (Å²) < 4.78 is 5.42. The summed E-state index contributed by atoms with van der Waals surface area (Å²) >= 11 is 0. The number of benzene rings is 1. The second-order valence-electron chi connectivity index (χ2n) is 9.71. The Hall–Kier alpha value is -1.51. The van der Waals surface area contributed by atoms with E-state index in [-0.39, 0.29) is 17.1 Å². The Morgan fingerprint density at radius 1 is 0.800 bits per heavy atom. The van der Waals surface area contributed by atoms with Crippen molar-refractivity contribution < 1.29 is 14.6 Å². The lowest BCUT2D eigenvalue weighted by atomic mass is 9.85. The van der Waals surface area contributed by atoms with E-state index >= 15 is 0 Å². The van der Waals surface area contributed by atoms with Crippen molar-refractivity contribution in [3.63, 3.8) is 0 Å². The monoisotopic (exact) mass is 418 g/mol. The third-order valence-electron chi connectivity index (χ3n) is 5.77. The number of carbonyl (C=O) groups excluding carboxylic acids is 1. The Bertz CT molecular complexity index is 586. The Kier molecular flexibility index (Phi) is 13.5. The van der Waals surface area contributed by atoms with Crippen LogP contribution in [0.5, 0.6) is 5.75 Å². The van der Waals surface area contributed by atoms with Crippen LogP contribution in [0.2, 0.25) is 0 Å². The number of phenolic OH excluding ortho intramolecular Hbond substituents is 1. The first-order chi connectivity index (χ1) is 14.4. The van der Waals surface area contributed by atoms with Crippen LogP contribution in [0.1, 0.15) is 134 Å². The van der Waals surface area contributed by atoms with E-state index in [1.807, 2.05) is 20.8 Å². The fraction of sp³-hybridized carbons (Fsp3) is 0.741. The topological polar surface area (TPSA) is 46.5 Å². The van der Waals surface area contributed by atoms with Crippen molar-refractivity contribution in [1.29, 1.82) is 0 Å². The molecule has 3 nitrogen and oxygen atoms in total. The zero-order valence-electron chi connectivity index (χ0n) is 20.1. The standard InChI is InChI=1S/C27H46O3/c1-5-6-7-8-9-10-11-12-13-14-15-16-17-18-21-30-26(29)23-19-20-25(28)24(22-23)27(2,3)4/h19-20,22,28H,5-18,21H2,1-4H3. The normalized spacial score (nSPS) is 11.6. The molecular weight excluding hydrogens is 372 g/mol. The van der Waals surface area contributed by atoms with Crippen molar-refractivity contribution in [1.82, 2.24) is 0 Å². The quantitative estimate of drug-likeness (QED) is 0.217. The van der Waals surface area contributed by atoms with Crippen LogP contribution in [0.4, 0.5) is 0 Å². The minimum atomic E-state index is -0.296. The number of unbranched alkanes of at least 4 members (excludes halogenated alkanes) is 13. The fourth-order valence-corrected chi connectivity index (χ4v) is 3.81. The number of aromatic hydroxyl groups is 1. The van der Waals surface area contributed by atoms with Gasteiger partial charge in [0, 0.05) is 5.56 Å². The third-order valence-corrected chi connectivity index (χ3v) is 5.77. The zero-order chi connectivity index (χ0) is 22.2. The first kappa shape index (κ1) is 26.5. The molecule has 0 unspecified atom stereocenters. The van der Waals surface area contributed by atoms with Crippen molar-refractivity contribution in [2.24, 2.45) is 0 Å². The number of hydrogen-bond acceptors (Lipinski definition) is 3. The van der Waals surface area contributed by atoms with Gasteiger partial charge in [0.05, 0.1) is 12.2 Å². The molecule has 0 aliphatic rings. The van der Waals surface area contributed by atoms with Crippen LogP contribution in [0.3, 0.4) is 0 Å². The maximum absolute atomic E-state index is 12.3. The lowest BCUT2D eigenvalue weighted by Crippen LogP contribution is -2.14. The van der Waals surface area contributed by atoms with Gasteiger partial charge < -0.3 is 9.84 Å². The van der Waals surface area contributed by atoms with Gasteiger partial charge >= 0.3 is 5.97 Å². The Morgan fingerprint density at radius 3 is 1.73 bits per heavy atom. The Labute approximate surface area is 185 Å². The van der Waals surface area contributed by atoms with E-state index in [4.69, 9.17) is 4.74 Å². The molecule has 0 aliphatic carbocycles. The highest BCUT2D eigenvalue weighted by molar-refractivity contribution is 5.90. The molecule has 1 aromatic carbocycles. The van der Waals surface area contributed by atoms with Gasteiger partial charge in [-0.05, 0) is 30.0 Å². The molecule has 0 saturated heterocycles. The molecule has 0 radical (unpaired) electrons. The minimum absolute atomic E-state index is 0.213. The molecular formula is C27H46O3. The molecule has 0 atom stereocenters. The average molecular weight is 419 g/mol. The lowest BCUT2D eigenvalue weighted by Gasteiger charge is -2.21. The molecule has 0 fully saturated rings. The number of hydrogen-bond donors (Lipinski definition) is 1. The van der Waals surface area contributed by atoms with Crippen molar-refractivity contribution in [3.8, 4) is 5.75 Å². The number of ether oxygens (including phenoxy) is 1. The van der Waals surface area contributed by atoms with Gasteiger partial charge in [0.2, 0.25) is 0 Å². The van der Waals surface area contributed by atoms with E-state index in [1.54, 1.807) is 18.2 Å². The maximum atomic E-state index is 12.3. The Balaban J connectivity index is 2.03. The van der Waals surface area contributed by atoms with Crippen LogP contribution >= 0.6 is 0 Å². The Morgan fingerprint density at radius 2 is 1.27 bits per heavy atom. The molecule has 0 aromatic heterocycles. The van der Waals surface area contributed by atoms with Gasteiger partial charge in [-0.3, -0.25) is 0 Å². The van der Waals surface area contributed by atoms with E-state index in [0.29, 0.717) is 12.2 Å². The highest BCUT2D eigenvalue weighted by Crippen LogP contribution is 2.31. The molecule has 0 aliphatic heterocycles. The van der Waals surface area contributed by atoms with Crippen molar-refractivity contribution in [2.75, 3.05) is 6.61 Å². The van der Waals surface area contributed by atoms with E-state index < -0.39 is 0 Å². The second kappa shape index (κ2) is 15.3. The van der Waals surface area contributed by atoms with Crippen LogP contribution in [-0.2, 0) is 10.2 Å². The molecule has 0 heterocycles. The molecule has 1 rings (SSSR count). The van der Waals surface area contributed by atoms with Crippen molar-refractivity contribution in [3.05, 3.63) is 29.3 Å². The molecule has 1 aromatic rings. The van der Waals surface area contributed by atoms with E-state index in [2.05, 4.69) is 6.92 Å². The molecule has 3 heteroatoms. The summed E-state index contributed by atoms with van der Waals surface area (Å²) in [5.74, 6) is -0.0683. The fourth-order valence-electron chi connectivity index (χ4n) is 3.81. The van der Waals surface area contributed by atoms with E-state index in [0.717, 1.165) is 18.4 Å². The van der Waals surface area contributed by atoms with Gasteiger partial charge in [-0.25, -0.2) is 4.79 Å². The average Bonchev–Trinajstić information content (AvgIpc) is 2.70. The lowest BCUT2D eigenvalue weighted by molar-refractivity contribution is 0.0497. The maximum Gasteiger partial charge on any atom is 0.338 e. The molecule has 1 N–H and O–H groups in total. The van der Waals surface area contributed by atoms with E-state index in [9.17, 15) is 9.90 Å². The van der Waals surface area contributed by atoms with Crippen LogP contribution in [0.15, 0.2) is 18.2 Å². The molecule has 0 bridgehead atoms.